The maximum Gasteiger partial charge on any atom is 0.159 e. The number of benzene rings is 1. The van der Waals surface area contributed by atoms with E-state index in [9.17, 15) is 5.11 Å². The van der Waals surface area contributed by atoms with Crippen molar-refractivity contribution in [1.29, 1.82) is 0 Å². The molecule has 0 saturated carbocycles. The number of phenolic OH excluding ortho intramolecular Hbond substituents is 1. The van der Waals surface area contributed by atoms with Crippen LogP contribution in [0.1, 0.15) is 25.8 Å². The number of aryl methyl sites for hydroxylation is 2. The number of phenols is 1. The van der Waals surface area contributed by atoms with Gasteiger partial charge in [0.1, 0.15) is 5.75 Å². The summed E-state index contributed by atoms with van der Waals surface area (Å²) in [5, 5.41) is 17.1. The average molecular weight is 375 g/mol. The molecular weight excluding hydrogens is 350 g/mol. The van der Waals surface area contributed by atoms with Gasteiger partial charge in [0.2, 0.25) is 0 Å². The molecule has 0 aliphatic heterocycles. The van der Waals surface area contributed by atoms with Gasteiger partial charge >= 0.3 is 0 Å². The molecule has 3 heterocycles. The summed E-state index contributed by atoms with van der Waals surface area (Å²) in [7, 11) is 1.88. The summed E-state index contributed by atoms with van der Waals surface area (Å²) in [5.74, 6) is 0.217. The van der Waals surface area contributed by atoms with E-state index in [4.69, 9.17) is 4.98 Å². The lowest BCUT2D eigenvalue weighted by Crippen LogP contribution is -2.23. The second kappa shape index (κ2) is 7.11. The molecule has 4 rings (SSSR count). The smallest absolute Gasteiger partial charge is 0.159 e. The monoisotopic (exact) mass is 375 g/mol. The van der Waals surface area contributed by atoms with Crippen molar-refractivity contribution in [1.82, 2.24) is 19.7 Å². The fourth-order valence-corrected chi connectivity index (χ4v) is 3.70. The van der Waals surface area contributed by atoms with Gasteiger partial charge in [-0.2, -0.15) is 5.10 Å². The van der Waals surface area contributed by atoms with Crippen LogP contribution in [0.4, 0.5) is 5.69 Å². The summed E-state index contributed by atoms with van der Waals surface area (Å²) in [6.07, 6.45) is 4.93. The van der Waals surface area contributed by atoms with Crippen LogP contribution in [0.2, 0.25) is 0 Å². The van der Waals surface area contributed by atoms with E-state index in [0.29, 0.717) is 16.9 Å². The number of hydrogen-bond acceptors (Lipinski definition) is 5. The van der Waals surface area contributed by atoms with Gasteiger partial charge in [-0.1, -0.05) is 6.92 Å². The molecule has 0 aliphatic rings. The van der Waals surface area contributed by atoms with Gasteiger partial charge in [-0.25, -0.2) is 9.97 Å². The summed E-state index contributed by atoms with van der Waals surface area (Å²) in [6.45, 7) is 8.17. The van der Waals surface area contributed by atoms with Crippen LogP contribution in [0.5, 0.6) is 5.75 Å². The molecule has 3 aromatic heterocycles. The average Bonchev–Trinajstić information content (AvgIpc) is 3.08. The number of aromatic nitrogens is 4. The van der Waals surface area contributed by atoms with E-state index in [1.54, 1.807) is 4.68 Å². The van der Waals surface area contributed by atoms with Gasteiger partial charge in [-0.15, -0.1) is 0 Å². The molecule has 0 amide bonds. The summed E-state index contributed by atoms with van der Waals surface area (Å²) in [6, 6.07) is 8.04. The Kier molecular flexibility index (Phi) is 4.63. The maximum atomic E-state index is 10.7. The van der Waals surface area contributed by atoms with Gasteiger partial charge in [-0.3, -0.25) is 4.68 Å². The van der Waals surface area contributed by atoms with Crippen molar-refractivity contribution in [2.45, 2.75) is 27.2 Å². The Labute approximate surface area is 164 Å². The first-order chi connectivity index (χ1) is 13.5. The molecule has 28 heavy (non-hydrogen) atoms. The quantitative estimate of drug-likeness (QED) is 0.559. The van der Waals surface area contributed by atoms with Crippen molar-refractivity contribution in [2.24, 2.45) is 7.05 Å². The third kappa shape index (κ3) is 3.05. The molecule has 0 saturated heterocycles. The molecule has 1 N–H and O–H groups in total. The molecule has 0 spiro atoms. The zero-order valence-electron chi connectivity index (χ0n) is 16.8. The molecule has 0 aliphatic carbocycles. The molecule has 144 valence electrons. The number of hydrogen-bond donors (Lipinski definition) is 1. The zero-order valence-corrected chi connectivity index (χ0v) is 16.8. The molecule has 0 atom stereocenters. The van der Waals surface area contributed by atoms with Crippen LogP contribution in [0.25, 0.3) is 33.2 Å². The highest BCUT2D eigenvalue weighted by Gasteiger charge is 2.15. The molecular formula is C22H25N5O. The highest BCUT2D eigenvalue weighted by Crippen LogP contribution is 2.36. The first kappa shape index (κ1) is 18.2. The van der Waals surface area contributed by atoms with Gasteiger partial charge in [-0.05, 0) is 44.5 Å². The van der Waals surface area contributed by atoms with Crippen LogP contribution in [0.15, 0.2) is 36.7 Å². The third-order valence-electron chi connectivity index (χ3n) is 5.17. The van der Waals surface area contributed by atoms with Crippen molar-refractivity contribution in [3.8, 4) is 17.0 Å². The standard InChI is InChI=1S/C22H25N5O/c1-5-9-27(6-2)17-10-15-7-8-19(24-22(15)23-12-17)18-11-16-13-26(4)25-20(16)14(3)21(18)28/h7-8,10-13,28H,5-6,9H2,1-4H3. The number of fused-ring (bicyclic) bond motifs is 2. The minimum atomic E-state index is 0.217. The largest absolute Gasteiger partial charge is 0.507 e. The SMILES string of the molecule is CCCN(CC)c1cnc2nc(-c3cc4cn(C)nc4c(C)c3O)ccc2c1. The Hall–Kier alpha value is -3.15. The molecule has 0 radical (unpaired) electrons. The van der Waals surface area contributed by atoms with Crippen molar-refractivity contribution < 1.29 is 5.11 Å². The molecule has 1 aromatic carbocycles. The molecule has 0 unspecified atom stereocenters. The summed E-state index contributed by atoms with van der Waals surface area (Å²) in [4.78, 5) is 11.6. The Morgan fingerprint density at radius 2 is 1.96 bits per heavy atom. The Balaban J connectivity index is 1.80. The number of aromatic hydroxyl groups is 1. The Bertz CT molecular complexity index is 1160. The van der Waals surface area contributed by atoms with Crippen LogP contribution in [0.3, 0.4) is 0 Å². The van der Waals surface area contributed by atoms with Crippen molar-refractivity contribution in [2.75, 3.05) is 18.0 Å². The normalized spacial score (nSPS) is 11.4. The summed E-state index contributed by atoms with van der Waals surface area (Å²) < 4.78 is 1.76. The van der Waals surface area contributed by atoms with Gasteiger partial charge in [0, 0.05) is 48.2 Å². The van der Waals surface area contributed by atoms with E-state index in [2.05, 4.69) is 34.9 Å². The highest BCUT2D eigenvalue weighted by atomic mass is 16.3. The summed E-state index contributed by atoms with van der Waals surface area (Å²) in [5.41, 5.74) is 4.77. The van der Waals surface area contributed by atoms with E-state index >= 15 is 0 Å². The first-order valence-electron chi connectivity index (χ1n) is 9.69. The molecule has 6 nitrogen and oxygen atoms in total. The Morgan fingerprint density at radius 1 is 1.14 bits per heavy atom. The minimum absolute atomic E-state index is 0.217. The maximum absolute atomic E-state index is 10.7. The number of anilines is 1. The lowest BCUT2D eigenvalue weighted by atomic mass is 10.0. The second-order valence-corrected chi connectivity index (χ2v) is 7.15. The van der Waals surface area contributed by atoms with Gasteiger partial charge < -0.3 is 10.0 Å². The van der Waals surface area contributed by atoms with Gasteiger partial charge in [0.15, 0.2) is 5.65 Å². The van der Waals surface area contributed by atoms with E-state index in [1.165, 1.54) is 0 Å². The highest BCUT2D eigenvalue weighted by molar-refractivity contribution is 5.91. The zero-order chi connectivity index (χ0) is 19.8. The van der Waals surface area contributed by atoms with Crippen LogP contribution in [-0.2, 0) is 7.05 Å². The van der Waals surface area contributed by atoms with E-state index in [-0.39, 0.29) is 5.75 Å². The van der Waals surface area contributed by atoms with E-state index in [0.717, 1.165) is 47.1 Å². The molecule has 0 fully saturated rings. The van der Waals surface area contributed by atoms with Gasteiger partial charge in [0.05, 0.1) is 23.1 Å². The lowest BCUT2D eigenvalue weighted by Gasteiger charge is -2.22. The van der Waals surface area contributed by atoms with Crippen LogP contribution in [0, 0.1) is 6.92 Å². The topological polar surface area (TPSA) is 67.1 Å². The molecule has 0 bridgehead atoms. The lowest BCUT2D eigenvalue weighted by molar-refractivity contribution is 0.474. The number of nitrogens with zero attached hydrogens (tertiary/aromatic N) is 5. The van der Waals surface area contributed by atoms with E-state index in [1.807, 2.05) is 44.6 Å². The van der Waals surface area contributed by atoms with Crippen LogP contribution >= 0.6 is 0 Å². The minimum Gasteiger partial charge on any atom is -0.507 e. The number of pyridine rings is 2. The van der Waals surface area contributed by atoms with Gasteiger partial charge in [0.25, 0.3) is 0 Å². The first-order valence-corrected chi connectivity index (χ1v) is 9.69. The van der Waals surface area contributed by atoms with Crippen molar-refractivity contribution in [3.05, 3.63) is 42.2 Å². The second-order valence-electron chi connectivity index (χ2n) is 7.15. The molecule has 6 heteroatoms. The molecule has 4 aromatic rings. The third-order valence-corrected chi connectivity index (χ3v) is 5.17. The number of rotatable bonds is 5. The predicted molar refractivity (Wildman–Crippen MR) is 114 cm³/mol. The van der Waals surface area contributed by atoms with Crippen LogP contribution < -0.4 is 4.90 Å². The van der Waals surface area contributed by atoms with Crippen molar-refractivity contribution >= 4 is 27.6 Å². The fourth-order valence-electron chi connectivity index (χ4n) is 3.70. The van der Waals surface area contributed by atoms with Crippen molar-refractivity contribution in [3.63, 3.8) is 0 Å². The fraction of sp³-hybridized carbons (Fsp3) is 0.318. The summed E-state index contributed by atoms with van der Waals surface area (Å²) >= 11 is 0. The van der Waals surface area contributed by atoms with Crippen LogP contribution in [-0.4, -0.2) is 37.9 Å². The predicted octanol–water partition coefficient (Wildman–Crippen LogP) is 4.43. The Morgan fingerprint density at radius 3 is 2.71 bits per heavy atom. The van der Waals surface area contributed by atoms with E-state index < -0.39 is 0 Å².